The minimum Gasteiger partial charge on any atom is -0.478 e. The molecule has 1 aromatic carbocycles. The van der Waals surface area contributed by atoms with E-state index in [9.17, 15) is 4.79 Å². The zero-order valence-corrected chi connectivity index (χ0v) is 9.81. The Labute approximate surface area is 100.0 Å². The first kappa shape index (κ1) is 12.7. The highest BCUT2D eigenvalue weighted by molar-refractivity contribution is 6.30. The highest BCUT2D eigenvalue weighted by Gasteiger charge is 1.99. The largest absolute Gasteiger partial charge is 0.478 e. The van der Waals surface area contributed by atoms with Crippen LogP contribution >= 0.6 is 11.6 Å². The molecule has 0 unspecified atom stereocenters. The number of nitrogens with zero attached hydrogens (tertiary/aromatic N) is 1. The molecule has 86 valence electrons. The van der Waals surface area contributed by atoms with Crippen molar-refractivity contribution in [2.75, 3.05) is 13.6 Å². The van der Waals surface area contributed by atoms with Gasteiger partial charge in [-0.2, -0.15) is 0 Å². The van der Waals surface area contributed by atoms with Crippen molar-refractivity contribution in [2.45, 2.75) is 6.54 Å². The van der Waals surface area contributed by atoms with Gasteiger partial charge in [0.1, 0.15) is 0 Å². The summed E-state index contributed by atoms with van der Waals surface area (Å²) in [5, 5.41) is 9.14. The fraction of sp³-hybridized carbons (Fsp3) is 0.250. The van der Waals surface area contributed by atoms with Crippen LogP contribution in [0.3, 0.4) is 0 Å². The van der Waals surface area contributed by atoms with Crippen molar-refractivity contribution in [3.05, 3.63) is 47.0 Å². The van der Waals surface area contributed by atoms with Crippen LogP contribution in [0, 0.1) is 0 Å². The van der Waals surface area contributed by atoms with Gasteiger partial charge < -0.3 is 5.11 Å². The molecule has 0 aliphatic rings. The van der Waals surface area contributed by atoms with Gasteiger partial charge in [-0.15, -0.1) is 0 Å². The molecule has 0 fully saturated rings. The van der Waals surface area contributed by atoms with Crippen LogP contribution in [0.15, 0.2) is 36.4 Å². The number of carboxylic acid groups (broad SMARTS) is 1. The van der Waals surface area contributed by atoms with Crippen LogP contribution in [-0.4, -0.2) is 29.6 Å². The van der Waals surface area contributed by atoms with Crippen molar-refractivity contribution in [2.24, 2.45) is 0 Å². The molecule has 1 rings (SSSR count). The van der Waals surface area contributed by atoms with Crippen LogP contribution in [0.2, 0.25) is 5.02 Å². The fourth-order valence-electron chi connectivity index (χ4n) is 1.35. The minimum absolute atomic E-state index is 0.596. The first-order valence-corrected chi connectivity index (χ1v) is 5.28. The van der Waals surface area contributed by atoms with E-state index in [0.717, 1.165) is 18.2 Å². The van der Waals surface area contributed by atoms with Crippen LogP contribution in [0.5, 0.6) is 0 Å². The van der Waals surface area contributed by atoms with Crippen molar-refractivity contribution in [1.82, 2.24) is 4.90 Å². The maximum Gasteiger partial charge on any atom is 0.328 e. The summed E-state index contributed by atoms with van der Waals surface area (Å²) in [5.41, 5.74) is 1.11. The fourth-order valence-corrected chi connectivity index (χ4v) is 1.56. The van der Waals surface area contributed by atoms with E-state index in [1.54, 1.807) is 6.08 Å². The molecular formula is C12H14ClNO2. The molecule has 4 heteroatoms. The number of carbonyl (C=O) groups is 1. The topological polar surface area (TPSA) is 40.5 Å². The summed E-state index contributed by atoms with van der Waals surface area (Å²) in [4.78, 5) is 12.3. The molecule has 0 aliphatic heterocycles. The van der Waals surface area contributed by atoms with Gasteiger partial charge in [0.25, 0.3) is 0 Å². The Morgan fingerprint density at radius 1 is 1.56 bits per heavy atom. The maximum atomic E-state index is 10.3. The second-order valence-corrected chi connectivity index (χ2v) is 4.00. The molecule has 0 heterocycles. The van der Waals surface area contributed by atoms with Crippen LogP contribution in [0.4, 0.5) is 0 Å². The molecule has 1 N–H and O–H groups in total. The van der Waals surface area contributed by atoms with Crippen LogP contribution < -0.4 is 0 Å². The van der Waals surface area contributed by atoms with E-state index < -0.39 is 5.97 Å². The SMILES string of the molecule is CN(CC=CC(=O)O)Cc1cccc(Cl)c1. The zero-order chi connectivity index (χ0) is 12.0. The highest BCUT2D eigenvalue weighted by atomic mass is 35.5. The van der Waals surface area contributed by atoms with Crippen molar-refractivity contribution in [3.63, 3.8) is 0 Å². The lowest BCUT2D eigenvalue weighted by Gasteiger charge is -2.14. The van der Waals surface area contributed by atoms with Gasteiger partial charge in [0.15, 0.2) is 0 Å². The molecule has 0 spiro atoms. The number of hydrogen-bond acceptors (Lipinski definition) is 2. The summed E-state index contributed by atoms with van der Waals surface area (Å²) in [6, 6.07) is 7.62. The summed E-state index contributed by atoms with van der Waals surface area (Å²) < 4.78 is 0. The van der Waals surface area contributed by atoms with Gasteiger partial charge >= 0.3 is 5.97 Å². The third-order valence-electron chi connectivity index (χ3n) is 2.02. The van der Waals surface area contributed by atoms with Gasteiger partial charge in [0.05, 0.1) is 0 Å². The summed E-state index contributed by atoms with van der Waals surface area (Å²) in [6.07, 6.45) is 2.77. The molecule has 0 amide bonds. The Hall–Kier alpha value is -1.32. The van der Waals surface area contributed by atoms with E-state index >= 15 is 0 Å². The average molecular weight is 240 g/mol. The van der Waals surface area contributed by atoms with Gasteiger partial charge in [-0.05, 0) is 24.7 Å². The second kappa shape index (κ2) is 6.30. The van der Waals surface area contributed by atoms with Gasteiger partial charge in [-0.1, -0.05) is 29.8 Å². The normalized spacial score (nSPS) is 11.2. The Bertz CT molecular complexity index is 390. The molecule has 3 nitrogen and oxygen atoms in total. The average Bonchev–Trinajstić information content (AvgIpc) is 2.16. The Morgan fingerprint density at radius 3 is 2.94 bits per heavy atom. The highest BCUT2D eigenvalue weighted by Crippen LogP contribution is 2.11. The number of benzene rings is 1. The second-order valence-electron chi connectivity index (χ2n) is 3.57. The van der Waals surface area contributed by atoms with E-state index in [1.807, 2.05) is 36.2 Å². The standard InChI is InChI=1S/C12H14ClNO2/c1-14(7-3-6-12(15)16)9-10-4-2-5-11(13)8-10/h2-6,8H,7,9H2,1H3,(H,15,16). The summed E-state index contributed by atoms with van der Waals surface area (Å²) in [7, 11) is 1.92. The van der Waals surface area contributed by atoms with Crippen molar-refractivity contribution < 1.29 is 9.90 Å². The smallest absolute Gasteiger partial charge is 0.328 e. The van der Waals surface area contributed by atoms with Crippen molar-refractivity contribution >= 4 is 17.6 Å². The quantitative estimate of drug-likeness (QED) is 0.803. The van der Waals surface area contributed by atoms with Gasteiger partial charge in [0.2, 0.25) is 0 Å². The number of aliphatic carboxylic acids is 1. The molecule has 0 bridgehead atoms. The van der Waals surface area contributed by atoms with E-state index in [1.165, 1.54) is 0 Å². The van der Waals surface area contributed by atoms with E-state index in [2.05, 4.69) is 0 Å². The molecule has 0 saturated heterocycles. The molecule has 0 atom stereocenters. The molecule has 0 radical (unpaired) electrons. The lowest BCUT2D eigenvalue weighted by Crippen LogP contribution is -2.17. The molecule has 16 heavy (non-hydrogen) atoms. The van der Waals surface area contributed by atoms with Gasteiger partial charge in [-0.25, -0.2) is 4.79 Å². The monoisotopic (exact) mass is 239 g/mol. The summed E-state index contributed by atoms with van der Waals surface area (Å²) in [5.74, 6) is -0.920. The molecule has 0 saturated carbocycles. The van der Waals surface area contributed by atoms with Gasteiger partial charge in [0, 0.05) is 24.2 Å². The predicted molar refractivity (Wildman–Crippen MR) is 64.6 cm³/mol. The first-order valence-electron chi connectivity index (χ1n) is 4.90. The zero-order valence-electron chi connectivity index (χ0n) is 9.06. The van der Waals surface area contributed by atoms with Crippen LogP contribution in [0.1, 0.15) is 5.56 Å². The van der Waals surface area contributed by atoms with E-state index in [4.69, 9.17) is 16.7 Å². The minimum atomic E-state index is -0.920. The molecule has 0 aliphatic carbocycles. The number of rotatable bonds is 5. The van der Waals surface area contributed by atoms with Crippen LogP contribution in [0.25, 0.3) is 0 Å². The van der Waals surface area contributed by atoms with Crippen molar-refractivity contribution in [3.8, 4) is 0 Å². The van der Waals surface area contributed by atoms with Crippen molar-refractivity contribution in [1.29, 1.82) is 0 Å². The number of hydrogen-bond donors (Lipinski definition) is 1. The summed E-state index contributed by atoms with van der Waals surface area (Å²) >= 11 is 5.86. The van der Waals surface area contributed by atoms with E-state index in [-0.39, 0.29) is 0 Å². The maximum absolute atomic E-state index is 10.3. The molecule has 0 aromatic heterocycles. The Balaban J connectivity index is 2.45. The Morgan fingerprint density at radius 2 is 2.31 bits per heavy atom. The number of carboxylic acids is 1. The molecular weight excluding hydrogens is 226 g/mol. The number of likely N-dealkylation sites (N-methyl/N-ethyl adjacent to an activating group) is 1. The predicted octanol–water partition coefficient (Wildman–Crippen LogP) is 2.41. The third-order valence-corrected chi connectivity index (χ3v) is 2.25. The lowest BCUT2D eigenvalue weighted by atomic mass is 10.2. The van der Waals surface area contributed by atoms with Crippen LogP contribution in [-0.2, 0) is 11.3 Å². The third kappa shape index (κ3) is 4.96. The number of halogens is 1. The Kier molecular flexibility index (Phi) is 5.02. The first-order chi connectivity index (χ1) is 7.58. The lowest BCUT2D eigenvalue weighted by molar-refractivity contribution is -0.131. The molecule has 1 aromatic rings. The van der Waals surface area contributed by atoms with E-state index in [0.29, 0.717) is 11.6 Å². The summed E-state index contributed by atoms with van der Waals surface area (Å²) in [6.45, 7) is 1.34. The van der Waals surface area contributed by atoms with Gasteiger partial charge in [-0.3, -0.25) is 4.90 Å².